The number of hydrogen-bond donors (Lipinski definition) is 2. The number of piperidine rings is 1. The van der Waals surface area contributed by atoms with Crippen molar-refractivity contribution in [2.24, 2.45) is 5.73 Å². The highest BCUT2D eigenvalue weighted by molar-refractivity contribution is 5.98. The van der Waals surface area contributed by atoms with Crippen LogP contribution in [0.3, 0.4) is 0 Å². The van der Waals surface area contributed by atoms with Gasteiger partial charge in [0.05, 0.1) is 11.9 Å². The number of halogens is 2. The number of nitrogens with two attached hydrogens (primary N) is 1. The highest BCUT2D eigenvalue weighted by Gasteiger charge is 2.30. The molecule has 1 unspecified atom stereocenters. The molecular formula is C19H26Cl2N4O. The van der Waals surface area contributed by atoms with Crippen molar-refractivity contribution in [2.45, 2.75) is 31.7 Å². The van der Waals surface area contributed by atoms with Crippen molar-refractivity contribution >= 4 is 42.2 Å². The van der Waals surface area contributed by atoms with Crippen LogP contribution in [0, 0.1) is 0 Å². The Kier molecular flexibility index (Phi) is 8.34. The molecule has 0 aliphatic carbocycles. The van der Waals surface area contributed by atoms with Crippen molar-refractivity contribution in [3.05, 3.63) is 54.2 Å². The summed E-state index contributed by atoms with van der Waals surface area (Å²) in [6.45, 7) is 3.81. The van der Waals surface area contributed by atoms with E-state index in [0.29, 0.717) is 5.69 Å². The fourth-order valence-electron chi connectivity index (χ4n) is 2.95. The lowest BCUT2D eigenvalue weighted by Gasteiger charge is -2.28. The first kappa shape index (κ1) is 22.2. The van der Waals surface area contributed by atoms with E-state index in [0.717, 1.165) is 24.5 Å². The van der Waals surface area contributed by atoms with Crippen LogP contribution < -0.4 is 16.0 Å². The molecule has 3 N–H and O–H groups in total. The van der Waals surface area contributed by atoms with Crippen molar-refractivity contribution in [2.75, 3.05) is 23.3 Å². The van der Waals surface area contributed by atoms with E-state index < -0.39 is 5.54 Å². The molecule has 1 saturated heterocycles. The zero-order valence-corrected chi connectivity index (χ0v) is 16.5. The quantitative estimate of drug-likeness (QED) is 0.825. The fraction of sp³-hybridized carbons (Fsp3) is 0.368. The van der Waals surface area contributed by atoms with E-state index in [1.54, 1.807) is 13.1 Å². The van der Waals surface area contributed by atoms with E-state index in [-0.39, 0.29) is 30.7 Å². The lowest BCUT2D eigenvalue weighted by molar-refractivity contribution is -0.120. The molecule has 2 aromatic rings. The maximum Gasteiger partial charge on any atom is 0.248 e. The summed E-state index contributed by atoms with van der Waals surface area (Å²) in [6, 6.07) is 13.2. The van der Waals surface area contributed by atoms with Crippen molar-refractivity contribution in [1.82, 2.24) is 4.98 Å². The third-order valence-corrected chi connectivity index (χ3v) is 4.53. The van der Waals surface area contributed by atoms with Crippen molar-refractivity contribution in [3.8, 4) is 0 Å². The molecule has 1 aliphatic rings. The summed E-state index contributed by atoms with van der Waals surface area (Å²) in [5.74, 6) is 0.715. The highest BCUT2D eigenvalue weighted by Crippen LogP contribution is 2.22. The minimum Gasteiger partial charge on any atom is -0.357 e. The molecule has 1 amide bonds. The summed E-state index contributed by atoms with van der Waals surface area (Å²) in [5, 5.41) is 2.87. The normalized spacial score (nSPS) is 15.8. The van der Waals surface area contributed by atoms with Crippen LogP contribution >= 0.6 is 24.8 Å². The first-order valence-electron chi connectivity index (χ1n) is 8.44. The monoisotopic (exact) mass is 396 g/mol. The van der Waals surface area contributed by atoms with E-state index in [1.807, 2.05) is 42.5 Å². The molecule has 1 atom stereocenters. The van der Waals surface area contributed by atoms with Gasteiger partial charge in [0.1, 0.15) is 11.4 Å². The molecule has 1 fully saturated rings. The molecule has 142 valence electrons. The molecule has 1 aromatic heterocycles. The van der Waals surface area contributed by atoms with Crippen molar-refractivity contribution in [3.63, 3.8) is 0 Å². The molecule has 0 bridgehead atoms. The van der Waals surface area contributed by atoms with Gasteiger partial charge in [0, 0.05) is 13.1 Å². The third kappa shape index (κ3) is 5.10. The van der Waals surface area contributed by atoms with E-state index >= 15 is 0 Å². The van der Waals surface area contributed by atoms with Gasteiger partial charge in [-0.3, -0.25) is 4.79 Å². The van der Waals surface area contributed by atoms with Gasteiger partial charge < -0.3 is 16.0 Å². The smallest absolute Gasteiger partial charge is 0.248 e. The third-order valence-electron chi connectivity index (χ3n) is 4.53. The Morgan fingerprint density at radius 3 is 2.31 bits per heavy atom. The van der Waals surface area contributed by atoms with Gasteiger partial charge in [-0.25, -0.2) is 4.98 Å². The minimum atomic E-state index is -1.09. The molecule has 3 rings (SSSR count). The van der Waals surface area contributed by atoms with Crippen LogP contribution in [0.4, 0.5) is 11.5 Å². The van der Waals surface area contributed by atoms with E-state index in [2.05, 4.69) is 15.2 Å². The zero-order valence-electron chi connectivity index (χ0n) is 14.9. The van der Waals surface area contributed by atoms with Crippen molar-refractivity contribution < 1.29 is 4.79 Å². The van der Waals surface area contributed by atoms with Crippen LogP contribution in [0.15, 0.2) is 48.7 Å². The van der Waals surface area contributed by atoms with Crippen LogP contribution in [0.2, 0.25) is 0 Å². The van der Waals surface area contributed by atoms with Crippen LogP contribution in [0.1, 0.15) is 31.7 Å². The maximum absolute atomic E-state index is 12.5. The van der Waals surface area contributed by atoms with Gasteiger partial charge in [-0.2, -0.15) is 0 Å². The number of nitrogens with one attached hydrogen (secondary N) is 1. The van der Waals surface area contributed by atoms with Gasteiger partial charge in [0.25, 0.3) is 0 Å². The molecular weight excluding hydrogens is 371 g/mol. The second-order valence-corrected chi connectivity index (χ2v) is 6.48. The number of nitrogens with zero attached hydrogens (tertiary/aromatic N) is 2. The summed E-state index contributed by atoms with van der Waals surface area (Å²) in [6.07, 6.45) is 5.41. The molecule has 1 aromatic carbocycles. The Morgan fingerprint density at radius 1 is 1.08 bits per heavy atom. The summed E-state index contributed by atoms with van der Waals surface area (Å²) >= 11 is 0. The maximum atomic E-state index is 12.5. The number of benzene rings is 1. The largest absolute Gasteiger partial charge is 0.357 e. The lowest BCUT2D eigenvalue weighted by atomic mass is 9.92. The molecule has 5 nitrogen and oxygen atoms in total. The Labute approximate surface area is 167 Å². The van der Waals surface area contributed by atoms with Gasteiger partial charge in [-0.15, -0.1) is 24.8 Å². The van der Waals surface area contributed by atoms with E-state index in [4.69, 9.17) is 5.73 Å². The molecule has 7 heteroatoms. The molecule has 26 heavy (non-hydrogen) atoms. The molecule has 2 heterocycles. The highest BCUT2D eigenvalue weighted by atomic mass is 35.5. The molecule has 1 aliphatic heterocycles. The molecule has 0 saturated carbocycles. The average molecular weight is 397 g/mol. The summed E-state index contributed by atoms with van der Waals surface area (Å²) in [5.41, 5.74) is 6.58. The van der Waals surface area contributed by atoms with Gasteiger partial charge in [-0.1, -0.05) is 30.3 Å². The van der Waals surface area contributed by atoms with Gasteiger partial charge in [0.2, 0.25) is 5.91 Å². The number of anilines is 2. The van der Waals surface area contributed by atoms with E-state index in [1.165, 1.54) is 19.3 Å². The fourth-order valence-corrected chi connectivity index (χ4v) is 2.95. The predicted octanol–water partition coefficient (Wildman–Crippen LogP) is 3.73. The lowest BCUT2D eigenvalue weighted by Crippen LogP contribution is -2.45. The minimum absolute atomic E-state index is 0. The average Bonchev–Trinajstić information content (AvgIpc) is 2.64. The van der Waals surface area contributed by atoms with Gasteiger partial charge in [0.15, 0.2) is 0 Å². The second-order valence-electron chi connectivity index (χ2n) is 6.48. The number of aromatic nitrogens is 1. The zero-order chi connectivity index (χ0) is 17.0. The topological polar surface area (TPSA) is 71.2 Å². The Bertz CT molecular complexity index is 686. The number of hydrogen-bond acceptors (Lipinski definition) is 4. The van der Waals surface area contributed by atoms with Crippen LogP contribution in [-0.2, 0) is 10.3 Å². The number of rotatable bonds is 4. The van der Waals surface area contributed by atoms with Crippen LogP contribution in [0.25, 0.3) is 0 Å². The number of pyridine rings is 1. The van der Waals surface area contributed by atoms with Crippen LogP contribution in [-0.4, -0.2) is 24.0 Å². The summed E-state index contributed by atoms with van der Waals surface area (Å²) < 4.78 is 0. The SMILES string of the molecule is CC(N)(C(=O)Nc1ccc(N2CCCCC2)nc1)c1ccccc1.Cl.Cl. The van der Waals surface area contributed by atoms with Gasteiger partial charge in [-0.05, 0) is 43.9 Å². The predicted molar refractivity (Wildman–Crippen MR) is 111 cm³/mol. The molecule has 0 radical (unpaired) electrons. The summed E-state index contributed by atoms with van der Waals surface area (Å²) in [4.78, 5) is 19.3. The molecule has 0 spiro atoms. The first-order valence-corrected chi connectivity index (χ1v) is 8.44. The van der Waals surface area contributed by atoms with Gasteiger partial charge >= 0.3 is 0 Å². The standard InChI is InChI=1S/C19H24N4O.2ClH/c1-19(20,15-8-4-2-5-9-15)18(24)22-16-10-11-17(21-14-16)23-12-6-3-7-13-23;;/h2,4-5,8-11,14H,3,6-7,12-13,20H2,1H3,(H,22,24);2*1H. The number of carbonyl (C=O) groups excluding carboxylic acids is 1. The number of amides is 1. The first-order chi connectivity index (χ1) is 11.6. The van der Waals surface area contributed by atoms with Crippen LogP contribution in [0.5, 0.6) is 0 Å². The second kappa shape index (κ2) is 9.76. The van der Waals surface area contributed by atoms with E-state index in [9.17, 15) is 4.79 Å². The Balaban J connectivity index is 0.00000169. The van der Waals surface area contributed by atoms with Crippen molar-refractivity contribution in [1.29, 1.82) is 0 Å². The number of carbonyl (C=O) groups is 1. The Morgan fingerprint density at radius 2 is 1.73 bits per heavy atom. The Hall–Kier alpha value is -1.82. The summed E-state index contributed by atoms with van der Waals surface area (Å²) in [7, 11) is 0.